The van der Waals surface area contributed by atoms with Crippen LogP contribution in [0.4, 0.5) is 0 Å². The van der Waals surface area contributed by atoms with Gasteiger partial charge in [-0.15, -0.1) is 0 Å². The molecule has 0 spiro atoms. The highest BCUT2D eigenvalue weighted by atomic mass is 16.2. The number of nitrogens with zero attached hydrogens (tertiary/aromatic N) is 4. The molecule has 1 aromatic heterocycles. The van der Waals surface area contributed by atoms with E-state index in [1.807, 2.05) is 41.0 Å². The molecule has 0 saturated carbocycles. The van der Waals surface area contributed by atoms with Gasteiger partial charge in [0.05, 0.1) is 11.7 Å². The first-order chi connectivity index (χ1) is 13.0. The van der Waals surface area contributed by atoms with Crippen LogP contribution in [0, 0.1) is 12.8 Å². The topological polar surface area (TPSA) is 58.4 Å². The van der Waals surface area contributed by atoms with Crippen molar-refractivity contribution in [1.82, 2.24) is 19.6 Å². The minimum absolute atomic E-state index is 0.0123. The summed E-state index contributed by atoms with van der Waals surface area (Å²) in [7, 11) is 1.81. The second-order valence-corrected chi connectivity index (χ2v) is 7.73. The number of carbonyl (C=O) groups excluding carboxylic acids is 2. The Hall–Kier alpha value is -2.63. The van der Waals surface area contributed by atoms with Gasteiger partial charge in [-0.2, -0.15) is 5.10 Å². The highest BCUT2D eigenvalue weighted by Crippen LogP contribution is 2.32. The molecule has 0 radical (unpaired) electrons. The summed E-state index contributed by atoms with van der Waals surface area (Å²) in [5, 5.41) is 4.30. The summed E-state index contributed by atoms with van der Waals surface area (Å²) < 4.78 is 1.65. The Balaban J connectivity index is 1.56. The van der Waals surface area contributed by atoms with E-state index in [2.05, 4.69) is 17.2 Å². The Morgan fingerprint density at radius 2 is 2.00 bits per heavy atom. The number of hydrogen-bond acceptors (Lipinski definition) is 3. The normalized spacial score (nSPS) is 22.7. The number of benzene rings is 1. The number of likely N-dealkylation sites (tertiary alicyclic amines) is 2. The largest absolute Gasteiger partial charge is 0.335 e. The monoisotopic (exact) mass is 366 g/mol. The molecule has 2 atom stereocenters. The molecule has 2 unspecified atom stereocenters. The van der Waals surface area contributed by atoms with Crippen LogP contribution in [0.2, 0.25) is 0 Å². The van der Waals surface area contributed by atoms with Gasteiger partial charge in [-0.25, -0.2) is 0 Å². The zero-order chi connectivity index (χ0) is 19.0. The van der Waals surface area contributed by atoms with Crippen LogP contribution >= 0.6 is 0 Å². The van der Waals surface area contributed by atoms with E-state index in [1.165, 1.54) is 0 Å². The van der Waals surface area contributed by atoms with Crippen LogP contribution in [0.1, 0.15) is 41.0 Å². The third-order valence-electron chi connectivity index (χ3n) is 5.80. The van der Waals surface area contributed by atoms with Crippen molar-refractivity contribution < 1.29 is 9.59 Å². The summed E-state index contributed by atoms with van der Waals surface area (Å²) in [6.07, 6.45) is 2.50. The highest BCUT2D eigenvalue weighted by Gasteiger charge is 2.42. The molecule has 6 nitrogen and oxygen atoms in total. The van der Waals surface area contributed by atoms with Crippen LogP contribution in [-0.2, 0) is 18.4 Å². The fraction of sp³-hybridized carbons (Fsp3) is 0.476. The molecule has 3 heterocycles. The smallest absolute Gasteiger partial charge is 0.272 e. The van der Waals surface area contributed by atoms with Gasteiger partial charge in [-0.05, 0) is 37.3 Å². The zero-order valence-electron chi connectivity index (χ0n) is 16.0. The predicted molar refractivity (Wildman–Crippen MR) is 102 cm³/mol. The molecule has 6 heteroatoms. The summed E-state index contributed by atoms with van der Waals surface area (Å²) in [5.41, 5.74) is 2.60. The predicted octanol–water partition coefficient (Wildman–Crippen LogP) is 2.38. The van der Waals surface area contributed by atoms with Crippen LogP contribution in [0.5, 0.6) is 0 Å². The maximum Gasteiger partial charge on any atom is 0.272 e. The molecule has 0 N–H and O–H groups in total. The van der Waals surface area contributed by atoms with E-state index < -0.39 is 0 Å². The molecule has 1 aromatic carbocycles. The Labute approximate surface area is 159 Å². The SMILES string of the molecule is Cc1cc(C(=O)N2CC3CCCC(=O)N(Cc4ccccc4)C3C2)n(C)n1. The van der Waals surface area contributed by atoms with Gasteiger partial charge in [0, 0.05) is 33.1 Å². The van der Waals surface area contributed by atoms with E-state index in [1.54, 1.807) is 11.7 Å². The number of hydrogen-bond donors (Lipinski definition) is 0. The third-order valence-corrected chi connectivity index (χ3v) is 5.80. The molecule has 2 amide bonds. The van der Waals surface area contributed by atoms with Gasteiger partial charge in [0.15, 0.2) is 0 Å². The molecule has 2 aliphatic heterocycles. The second kappa shape index (κ2) is 7.18. The molecule has 2 fully saturated rings. The van der Waals surface area contributed by atoms with E-state index >= 15 is 0 Å². The first kappa shape index (κ1) is 17.8. The van der Waals surface area contributed by atoms with Crippen molar-refractivity contribution in [2.24, 2.45) is 13.0 Å². The van der Waals surface area contributed by atoms with Crippen molar-refractivity contribution in [3.05, 3.63) is 53.3 Å². The lowest BCUT2D eigenvalue weighted by Crippen LogP contribution is -2.43. The Morgan fingerprint density at radius 1 is 1.22 bits per heavy atom. The average molecular weight is 366 g/mol. The summed E-state index contributed by atoms with van der Waals surface area (Å²) in [6, 6.07) is 12.0. The van der Waals surface area contributed by atoms with Crippen LogP contribution in [0.25, 0.3) is 0 Å². The lowest BCUT2D eigenvalue weighted by atomic mass is 9.98. The average Bonchev–Trinajstić information content (AvgIpc) is 3.19. The molecule has 2 aliphatic rings. The minimum atomic E-state index is 0.0123. The number of fused-ring (bicyclic) bond motifs is 1. The Morgan fingerprint density at radius 3 is 2.70 bits per heavy atom. The standard InChI is InChI=1S/C21H26N4O2/c1-15-11-18(23(2)22-15)21(27)24-13-17-9-6-10-20(26)25(19(17)14-24)12-16-7-4-3-5-8-16/h3-5,7-8,11,17,19H,6,9-10,12-14H2,1-2H3. The van der Waals surface area contributed by atoms with Gasteiger partial charge in [0.25, 0.3) is 5.91 Å². The zero-order valence-corrected chi connectivity index (χ0v) is 16.0. The first-order valence-corrected chi connectivity index (χ1v) is 9.66. The van der Waals surface area contributed by atoms with E-state index in [0.29, 0.717) is 37.7 Å². The van der Waals surface area contributed by atoms with Crippen LogP contribution in [0.15, 0.2) is 36.4 Å². The number of amides is 2. The van der Waals surface area contributed by atoms with Crippen molar-refractivity contribution in [3.8, 4) is 0 Å². The number of rotatable bonds is 3. The van der Waals surface area contributed by atoms with Gasteiger partial charge in [0.1, 0.15) is 5.69 Å². The number of aryl methyl sites for hydroxylation is 2. The molecule has 142 valence electrons. The Kier molecular flexibility index (Phi) is 4.72. The van der Waals surface area contributed by atoms with Crippen molar-refractivity contribution in [3.63, 3.8) is 0 Å². The quantitative estimate of drug-likeness (QED) is 0.838. The fourth-order valence-corrected chi connectivity index (χ4v) is 4.46. The Bertz CT molecular complexity index is 845. The van der Waals surface area contributed by atoms with Gasteiger partial charge in [0.2, 0.25) is 5.91 Å². The van der Waals surface area contributed by atoms with Crippen LogP contribution in [0.3, 0.4) is 0 Å². The number of aromatic nitrogens is 2. The molecule has 0 bridgehead atoms. The molecular formula is C21H26N4O2. The first-order valence-electron chi connectivity index (χ1n) is 9.66. The molecule has 2 saturated heterocycles. The molecule has 27 heavy (non-hydrogen) atoms. The number of carbonyl (C=O) groups is 2. The van der Waals surface area contributed by atoms with E-state index in [-0.39, 0.29) is 17.9 Å². The third kappa shape index (κ3) is 3.48. The highest BCUT2D eigenvalue weighted by molar-refractivity contribution is 5.93. The second-order valence-electron chi connectivity index (χ2n) is 7.73. The van der Waals surface area contributed by atoms with E-state index in [9.17, 15) is 9.59 Å². The minimum Gasteiger partial charge on any atom is -0.335 e. The lowest BCUT2D eigenvalue weighted by Gasteiger charge is -2.30. The summed E-state index contributed by atoms with van der Waals surface area (Å²) in [6.45, 7) is 3.83. The maximum absolute atomic E-state index is 13.0. The van der Waals surface area contributed by atoms with E-state index in [0.717, 1.165) is 24.1 Å². The van der Waals surface area contributed by atoms with Gasteiger partial charge in [-0.3, -0.25) is 14.3 Å². The van der Waals surface area contributed by atoms with Crippen LogP contribution < -0.4 is 0 Å². The van der Waals surface area contributed by atoms with Gasteiger partial charge in [-0.1, -0.05) is 30.3 Å². The van der Waals surface area contributed by atoms with Crippen molar-refractivity contribution in [2.45, 2.75) is 38.8 Å². The lowest BCUT2D eigenvalue weighted by molar-refractivity contribution is -0.133. The van der Waals surface area contributed by atoms with Crippen LogP contribution in [-0.4, -0.2) is 50.5 Å². The van der Waals surface area contributed by atoms with Crippen molar-refractivity contribution in [1.29, 1.82) is 0 Å². The molecule has 0 aliphatic carbocycles. The summed E-state index contributed by atoms with van der Waals surface area (Å²) in [5.74, 6) is 0.564. The molecular weight excluding hydrogens is 340 g/mol. The summed E-state index contributed by atoms with van der Waals surface area (Å²) in [4.78, 5) is 29.7. The van der Waals surface area contributed by atoms with E-state index in [4.69, 9.17) is 0 Å². The van der Waals surface area contributed by atoms with Gasteiger partial charge >= 0.3 is 0 Å². The van der Waals surface area contributed by atoms with Crippen molar-refractivity contribution >= 4 is 11.8 Å². The fourth-order valence-electron chi connectivity index (χ4n) is 4.46. The maximum atomic E-state index is 13.0. The summed E-state index contributed by atoms with van der Waals surface area (Å²) >= 11 is 0. The molecule has 4 rings (SSSR count). The van der Waals surface area contributed by atoms with Gasteiger partial charge < -0.3 is 9.80 Å². The van der Waals surface area contributed by atoms with Crippen molar-refractivity contribution in [2.75, 3.05) is 13.1 Å². The molecule has 2 aromatic rings.